The highest BCUT2D eigenvalue weighted by molar-refractivity contribution is 5.81. The Morgan fingerprint density at radius 2 is 2.09 bits per heavy atom. The average Bonchev–Trinajstić information content (AvgIpc) is 1.97. The summed E-state index contributed by atoms with van der Waals surface area (Å²) in [5.74, 6) is 0.833. The van der Waals surface area contributed by atoms with E-state index in [0.29, 0.717) is 11.7 Å². The van der Waals surface area contributed by atoms with Gasteiger partial charge in [0.2, 0.25) is 0 Å². The van der Waals surface area contributed by atoms with Gasteiger partial charge in [-0.3, -0.25) is 4.79 Å². The minimum atomic E-state index is 0.365. The van der Waals surface area contributed by atoms with Crippen LogP contribution in [-0.2, 0) is 4.79 Å². The van der Waals surface area contributed by atoms with Crippen molar-refractivity contribution in [1.82, 2.24) is 0 Å². The van der Waals surface area contributed by atoms with Gasteiger partial charge in [0.1, 0.15) is 5.78 Å². The van der Waals surface area contributed by atoms with Crippen LogP contribution in [0.25, 0.3) is 0 Å². The first-order valence-electron chi connectivity index (χ1n) is 4.06. The van der Waals surface area contributed by atoms with Crippen molar-refractivity contribution in [2.45, 2.75) is 39.5 Å². The molecular weight excluding hydrogens is 138 g/mol. The van der Waals surface area contributed by atoms with E-state index in [1.165, 1.54) is 13.3 Å². The van der Waals surface area contributed by atoms with Crippen LogP contribution >= 0.6 is 0 Å². The van der Waals surface area contributed by atoms with Crippen molar-refractivity contribution in [3.63, 3.8) is 0 Å². The van der Waals surface area contributed by atoms with Crippen LogP contribution in [0.5, 0.6) is 0 Å². The quantitative estimate of drug-likeness (QED) is 0.535. The predicted molar refractivity (Wildman–Crippen MR) is 43.9 cm³/mol. The number of Topliss-reactive ketones (excluding diaryl/α,β-unsaturated/α-hetero) is 1. The first-order valence-corrected chi connectivity index (χ1v) is 4.06. The topological polar surface area (TPSA) is 40.9 Å². The molecule has 0 saturated heterocycles. The molecule has 0 N–H and O–H groups in total. The van der Waals surface area contributed by atoms with Crippen LogP contribution in [0.15, 0.2) is 0 Å². The molecule has 1 aliphatic rings. The molecule has 1 rings (SSSR count). The maximum absolute atomic E-state index is 10.8. The lowest BCUT2D eigenvalue weighted by molar-refractivity contribution is -0.123. The Hall–Kier alpha value is -0.840. The molecule has 1 fully saturated rings. The molecule has 0 aromatic carbocycles. The lowest BCUT2D eigenvalue weighted by atomic mass is 9.90. The third kappa shape index (κ3) is 4.55. The van der Waals surface area contributed by atoms with Gasteiger partial charge in [0.05, 0.1) is 6.07 Å². The highest BCUT2D eigenvalue weighted by Crippen LogP contribution is 2.18. The van der Waals surface area contributed by atoms with Crippen molar-refractivity contribution < 1.29 is 4.79 Å². The number of ketones is 1. The normalized spacial score (nSPS) is 23.0. The van der Waals surface area contributed by atoms with Crippen molar-refractivity contribution in [2.75, 3.05) is 0 Å². The molecule has 1 atom stereocenters. The fraction of sp³-hybridized carbons (Fsp3) is 0.778. The predicted octanol–water partition coefficient (Wildman–Crippen LogP) is 2.30. The number of carbonyl (C=O) groups excluding carboxylic acids is 1. The number of carbonyl (C=O) groups is 1. The van der Waals surface area contributed by atoms with E-state index in [-0.39, 0.29) is 0 Å². The standard InChI is InChI=1S/C7H12O.C2H3N/c1-6-4-2-3-5-7(6)8;1-2-3/h6H,2-5H2,1H3;1H3. The van der Waals surface area contributed by atoms with Gasteiger partial charge in [-0.05, 0) is 12.8 Å². The fourth-order valence-corrected chi connectivity index (χ4v) is 1.16. The van der Waals surface area contributed by atoms with Gasteiger partial charge >= 0.3 is 0 Å². The Morgan fingerprint density at radius 3 is 2.36 bits per heavy atom. The van der Waals surface area contributed by atoms with Gasteiger partial charge in [0, 0.05) is 19.3 Å². The summed E-state index contributed by atoms with van der Waals surface area (Å²) < 4.78 is 0. The Labute approximate surface area is 68.2 Å². The number of nitriles is 1. The monoisotopic (exact) mass is 153 g/mol. The first kappa shape index (κ1) is 10.2. The van der Waals surface area contributed by atoms with Crippen molar-refractivity contribution in [3.8, 4) is 6.07 Å². The van der Waals surface area contributed by atoms with E-state index in [1.807, 2.05) is 6.92 Å². The molecule has 0 bridgehead atoms. The molecule has 1 unspecified atom stereocenters. The number of hydrogen-bond acceptors (Lipinski definition) is 2. The molecule has 2 nitrogen and oxygen atoms in total. The molecule has 0 radical (unpaired) electrons. The van der Waals surface area contributed by atoms with Gasteiger partial charge in [-0.2, -0.15) is 5.26 Å². The van der Waals surface area contributed by atoms with Crippen LogP contribution in [0, 0.1) is 17.2 Å². The summed E-state index contributed by atoms with van der Waals surface area (Å²) in [5.41, 5.74) is 0. The van der Waals surface area contributed by atoms with Gasteiger partial charge < -0.3 is 0 Å². The van der Waals surface area contributed by atoms with E-state index in [1.54, 1.807) is 6.07 Å². The highest BCUT2D eigenvalue weighted by Gasteiger charge is 2.16. The van der Waals surface area contributed by atoms with E-state index >= 15 is 0 Å². The maximum atomic E-state index is 10.8. The number of hydrogen-bond donors (Lipinski definition) is 0. The van der Waals surface area contributed by atoms with Crippen molar-refractivity contribution in [2.24, 2.45) is 5.92 Å². The molecule has 0 heterocycles. The van der Waals surface area contributed by atoms with Crippen molar-refractivity contribution in [1.29, 1.82) is 5.26 Å². The lowest BCUT2D eigenvalue weighted by Gasteiger charge is -2.14. The van der Waals surface area contributed by atoms with Gasteiger partial charge in [-0.1, -0.05) is 13.3 Å². The number of nitrogens with zero attached hydrogens (tertiary/aromatic N) is 1. The van der Waals surface area contributed by atoms with Crippen molar-refractivity contribution >= 4 is 5.78 Å². The molecule has 0 amide bonds. The zero-order valence-electron chi connectivity index (χ0n) is 7.26. The molecule has 62 valence electrons. The molecule has 2 heteroatoms. The lowest BCUT2D eigenvalue weighted by Crippen LogP contribution is -2.14. The molecule has 0 aromatic rings. The van der Waals surface area contributed by atoms with Crippen LogP contribution in [0.4, 0.5) is 0 Å². The summed E-state index contributed by atoms with van der Waals surface area (Å²) in [5, 5.41) is 7.32. The minimum absolute atomic E-state index is 0.365. The average molecular weight is 153 g/mol. The Morgan fingerprint density at radius 1 is 1.55 bits per heavy atom. The second-order valence-corrected chi connectivity index (χ2v) is 2.84. The molecule has 0 aliphatic heterocycles. The molecule has 0 spiro atoms. The maximum Gasteiger partial charge on any atom is 0.135 e. The Bertz CT molecular complexity index is 157. The van der Waals surface area contributed by atoms with Gasteiger partial charge in [0.15, 0.2) is 0 Å². The SMILES string of the molecule is CC#N.CC1CCCCC1=O. The van der Waals surface area contributed by atoms with E-state index in [2.05, 4.69) is 0 Å². The molecular formula is C9H15NO. The molecule has 11 heavy (non-hydrogen) atoms. The Kier molecular flexibility index (Phi) is 5.46. The summed E-state index contributed by atoms with van der Waals surface area (Å²) >= 11 is 0. The third-order valence-corrected chi connectivity index (χ3v) is 1.86. The van der Waals surface area contributed by atoms with Gasteiger partial charge in [0.25, 0.3) is 0 Å². The molecule has 0 aromatic heterocycles. The fourth-order valence-electron chi connectivity index (χ4n) is 1.16. The zero-order valence-corrected chi connectivity index (χ0v) is 7.26. The largest absolute Gasteiger partial charge is 0.299 e. The van der Waals surface area contributed by atoms with Crippen LogP contribution < -0.4 is 0 Å². The summed E-state index contributed by atoms with van der Waals surface area (Å²) in [6.07, 6.45) is 4.34. The highest BCUT2D eigenvalue weighted by atomic mass is 16.1. The van der Waals surface area contributed by atoms with Crippen LogP contribution in [0.2, 0.25) is 0 Å². The van der Waals surface area contributed by atoms with Gasteiger partial charge in [-0.15, -0.1) is 0 Å². The van der Waals surface area contributed by atoms with E-state index in [9.17, 15) is 4.79 Å². The second kappa shape index (κ2) is 5.91. The van der Waals surface area contributed by atoms with Gasteiger partial charge in [-0.25, -0.2) is 0 Å². The zero-order chi connectivity index (χ0) is 8.69. The second-order valence-electron chi connectivity index (χ2n) is 2.84. The van der Waals surface area contributed by atoms with E-state index in [0.717, 1.165) is 19.3 Å². The summed E-state index contributed by atoms with van der Waals surface area (Å²) in [4.78, 5) is 10.8. The Balaban J connectivity index is 0.000000292. The number of rotatable bonds is 0. The molecule has 1 aliphatic carbocycles. The summed E-state index contributed by atoms with van der Waals surface area (Å²) in [6, 6.07) is 1.75. The van der Waals surface area contributed by atoms with E-state index in [4.69, 9.17) is 5.26 Å². The van der Waals surface area contributed by atoms with Crippen molar-refractivity contribution in [3.05, 3.63) is 0 Å². The van der Waals surface area contributed by atoms with Crippen LogP contribution in [0.1, 0.15) is 39.5 Å². The molecule has 1 saturated carbocycles. The smallest absolute Gasteiger partial charge is 0.135 e. The first-order chi connectivity index (χ1) is 5.22. The minimum Gasteiger partial charge on any atom is -0.299 e. The van der Waals surface area contributed by atoms with Crippen LogP contribution in [-0.4, -0.2) is 5.78 Å². The summed E-state index contributed by atoms with van der Waals surface area (Å²) in [6.45, 7) is 3.46. The summed E-state index contributed by atoms with van der Waals surface area (Å²) in [7, 11) is 0. The van der Waals surface area contributed by atoms with Crippen LogP contribution in [0.3, 0.4) is 0 Å². The third-order valence-electron chi connectivity index (χ3n) is 1.86. The van der Waals surface area contributed by atoms with E-state index < -0.39 is 0 Å².